The minimum Gasteiger partial charge on any atom is -0.338 e. The van der Waals surface area contributed by atoms with Gasteiger partial charge in [-0.25, -0.2) is 9.37 Å². The van der Waals surface area contributed by atoms with E-state index in [0.29, 0.717) is 11.4 Å². The van der Waals surface area contributed by atoms with Gasteiger partial charge in [0.1, 0.15) is 11.6 Å². The minimum absolute atomic E-state index is 0.361. The molecule has 0 unspecified atom stereocenters. The topological polar surface area (TPSA) is 41.6 Å². The first-order chi connectivity index (χ1) is 8.63. The zero-order valence-corrected chi connectivity index (χ0v) is 10.2. The fourth-order valence-electron chi connectivity index (χ4n) is 1.95. The zero-order chi connectivity index (χ0) is 12.7. The molecular formula is C14H12FN3. The van der Waals surface area contributed by atoms with Gasteiger partial charge < -0.3 is 4.98 Å². The SMILES string of the molecule is Cc1cc2nc(-c3cncc(F)c3)[nH]c2cc1C. The second-order valence-corrected chi connectivity index (χ2v) is 4.43. The normalized spacial score (nSPS) is 11.1. The highest BCUT2D eigenvalue weighted by molar-refractivity contribution is 5.80. The molecule has 18 heavy (non-hydrogen) atoms. The number of hydrogen-bond donors (Lipinski definition) is 1. The Kier molecular flexibility index (Phi) is 2.37. The summed E-state index contributed by atoms with van der Waals surface area (Å²) in [6.07, 6.45) is 2.78. The van der Waals surface area contributed by atoms with E-state index >= 15 is 0 Å². The number of fused-ring (bicyclic) bond motifs is 1. The molecule has 4 heteroatoms. The van der Waals surface area contributed by atoms with Gasteiger partial charge in [-0.15, -0.1) is 0 Å². The number of aromatic amines is 1. The Bertz CT molecular complexity index is 692. The summed E-state index contributed by atoms with van der Waals surface area (Å²) < 4.78 is 13.1. The summed E-state index contributed by atoms with van der Waals surface area (Å²) in [4.78, 5) is 11.5. The third-order valence-electron chi connectivity index (χ3n) is 3.08. The molecule has 3 aromatic rings. The molecule has 90 valence electrons. The van der Waals surface area contributed by atoms with Gasteiger partial charge in [-0.1, -0.05) is 0 Å². The summed E-state index contributed by atoms with van der Waals surface area (Å²) >= 11 is 0. The van der Waals surface area contributed by atoms with Crippen LogP contribution in [0, 0.1) is 19.7 Å². The maximum Gasteiger partial charge on any atom is 0.142 e. The smallest absolute Gasteiger partial charge is 0.142 e. The number of halogens is 1. The van der Waals surface area contributed by atoms with Gasteiger partial charge in [-0.05, 0) is 43.2 Å². The van der Waals surface area contributed by atoms with E-state index in [1.54, 1.807) is 6.20 Å². The molecule has 3 nitrogen and oxygen atoms in total. The molecule has 0 fully saturated rings. The molecule has 1 aromatic carbocycles. The van der Waals surface area contributed by atoms with Gasteiger partial charge in [0.15, 0.2) is 0 Å². The highest BCUT2D eigenvalue weighted by Crippen LogP contribution is 2.22. The van der Waals surface area contributed by atoms with Crippen LogP contribution in [0.5, 0.6) is 0 Å². The van der Waals surface area contributed by atoms with Crippen molar-refractivity contribution in [3.05, 3.63) is 47.5 Å². The molecule has 0 amide bonds. The van der Waals surface area contributed by atoms with Gasteiger partial charge in [0.2, 0.25) is 0 Å². The number of imidazole rings is 1. The molecule has 0 spiro atoms. The predicted octanol–water partition coefficient (Wildman–Crippen LogP) is 3.38. The molecular weight excluding hydrogens is 229 g/mol. The Labute approximate surface area is 104 Å². The van der Waals surface area contributed by atoms with Crippen LogP contribution < -0.4 is 0 Å². The lowest BCUT2D eigenvalue weighted by Crippen LogP contribution is -1.84. The quantitative estimate of drug-likeness (QED) is 0.709. The molecule has 0 radical (unpaired) electrons. The largest absolute Gasteiger partial charge is 0.338 e. The lowest BCUT2D eigenvalue weighted by atomic mass is 10.1. The van der Waals surface area contributed by atoms with Crippen molar-refractivity contribution in [3.8, 4) is 11.4 Å². The lowest BCUT2D eigenvalue weighted by molar-refractivity contribution is 0.622. The first-order valence-corrected chi connectivity index (χ1v) is 5.71. The molecule has 0 bridgehead atoms. The van der Waals surface area contributed by atoms with Crippen molar-refractivity contribution in [1.82, 2.24) is 15.0 Å². The highest BCUT2D eigenvalue weighted by Gasteiger charge is 2.07. The van der Waals surface area contributed by atoms with Crippen LogP contribution in [0.2, 0.25) is 0 Å². The Hall–Kier alpha value is -2.23. The van der Waals surface area contributed by atoms with Crippen LogP contribution in [0.15, 0.2) is 30.6 Å². The van der Waals surface area contributed by atoms with Gasteiger partial charge in [-0.2, -0.15) is 0 Å². The summed E-state index contributed by atoms with van der Waals surface area (Å²) in [7, 11) is 0. The summed E-state index contributed by atoms with van der Waals surface area (Å²) in [6.45, 7) is 4.10. The van der Waals surface area contributed by atoms with E-state index < -0.39 is 0 Å². The predicted molar refractivity (Wildman–Crippen MR) is 68.8 cm³/mol. The molecule has 1 N–H and O–H groups in total. The summed E-state index contributed by atoms with van der Waals surface area (Å²) in [5.41, 5.74) is 4.89. The Morgan fingerprint density at radius 1 is 1.06 bits per heavy atom. The van der Waals surface area contributed by atoms with E-state index in [-0.39, 0.29) is 5.82 Å². The van der Waals surface area contributed by atoms with E-state index in [4.69, 9.17) is 0 Å². The number of pyridine rings is 1. The second-order valence-electron chi connectivity index (χ2n) is 4.43. The summed E-state index contributed by atoms with van der Waals surface area (Å²) in [5.74, 6) is 0.280. The zero-order valence-electron chi connectivity index (χ0n) is 10.2. The highest BCUT2D eigenvalue weighted by atomic mass is 19.1. The second kappa shape index (κ2) is 3.91. The van der Waals surface area contributed by atoms with Crippen molar-refractivity contribution in [2.75, 3.05) is 0 Å². The molecule has 2 heterocycles. The number of rotatable bonds is 1. The fraction of sp³-hybridized carbons (Fsp3) is 0.143. The standard InChI is InChI=1S/C14H12FN3/c1-8-3-12-13(4-9(8)2)18-14(17-12)10-5-11(15)7-16-6-10/h3-7H,1-2H3,(H,17,18). The van der Waals surface area contributed by atoms with Crippen molar-refractivity contribution < 1.29 is 4.39 Å². The first-order valence-electron chi connectivity index (χ1n) is 5.71. The van der Waals surface area contributed by atoms with Gasteiger partial charge >= 0.3 is 0 Å². The molecule has 0 atom stereocenters. The average Bonchev–Trinajstić information content (AvgIpc) is 2.73. The Morgan fingerprint density at radius 3 is 2.61 bits per heavy atom. The van der Waals surface area contributed by atoms with Crippen LogP contribution in [0.3, 0.4) is 0 Å². The van der Waals surface area contributed by atoms with Crippen LogP contribution >= 0.6 is 0 Å². The molecule has 0 saturated heterocycles. The minimum atomic E-state index is -0.361. The summed E-state index contributed by atoms with van der Waals surface area (Å²) in [6, 6.07) is 5.50. The molecule has 0 saturated carbocycles. The van der Waals surface area contributed by atoms with Gasteiger partial charge in [0.25, 0.3) is 0 Å². The molecule has 3 rings (SSSR count). The maximum absolute atomic E-state index is 13.1. The van der Waals surface area contributed by atoms with Gasteiger partial charge in [0, 0.05) is 11.8 Å². The van der Waals surface area contributed by atoms with Crippen LogP contribution in [-0.4, -0.2) is 15.0 Å². The number of H-pyrrole nitrogens is 1. The number of hydrogen-bond acceptors (Lipinski definition) is 2. The summed E-state index contributed by atoms with van der Waals surface area (Å²) in [5, 5.41) is 0. The van der Waals surface area contributed by atoms with Crippen molar-refractivity contribution in [2.45, 2.75) is 13.8 Å². The number of aryl methyl sites for hydroxylation is 2. The molecule has 2 aromatic heterocycles. The molecule has 0 aliphatic carbocycles. The van der Waals surface area contributed by atoms with E-state index in [1.807, 2.05) is 19.1 Å². The molecule has 0 aliphatic rings. The van der Waals surface area contributed by atoms with Crippen molar-refractivity contribution in [3.63, 3.8) is 0 Å². The van der Waals surface area contributed by atoms with Gasteiger partial charge in [-0.3, -0.25) is 4.98 Å². The third kappa shape index (κ3) is 1.76. The first kappa shape index (κ1) is 10.9. The number of aromatic nitrogens is 3. The third-order valence-corrected chi connectivity index (χ3v) is 3.08. The lowest BCUT2D eigenvalue weighted by Gasteiger charge is -1.97. The van der Waals surface area contributed by atoms with E-state index in [0.717, 1.165) is 11.0 Å². The van der Waals surface area contributed by atoms with Crippen molar-refractivity contribution in [2.24, 2.45) is 0 Å². The van der Waals surface area contributed by atoms with Crippen LogP contribution in [0.25, 0.3) is 22.4 Å². The van der Waals surface area contributed by atoms with Crippen LogP contribution in [-0.2, 0) is 0 Å². The van der Waals surface area contributed by atoms with Crippen molar-refractivity contribution in [1.29, 1.82) is 0 Å². The van der Waals surface area contributed by atoms with E-state index in [9.17, 15) is 4.39 Å². The number of benzene rings is 1. The van der Waals surface area contributed by atoms with Gasteiger partial charge in [0.05, 0.1) is 17.2 Å². The van der Waals surface area contributed by atoms with Crippen molar-refractivity contribution >= 4 is 11.0 Å². The fourth-order valence-corrected chi connectivity index (χ4v) is 1.95. The Morgan fingerprint density at radius 2 is 1.83 bits per heavy atom. The Balaban J connectivity index is 2.19. The van der Waals surface area contributed by atoms with E-state index in [1.165, 1.54) is 23.4 Å². The number of nitrogens with zero attached hydrogens (tertiary/aromatic N) is 2. The van der Waals surface area contributed by atoms with Crippen LogP contribution in [0.1, 0.15) is 11.1 Å². The van der Waals surface area contributed by atoms with E-state index in [2.05, 4.69) is 21.9 Å². The average molecular weight is 241 g/mol. The van der Waals surface area contributed by atoms with Crippen LogP contribution in [0.4, 0.5) is 4.39 Å². The maximum atomic E-state index is 13.1. The number of nitrogens with one attached hydrogen (secondary N) is 1. The monoisotopic (exact) mass is 241 g/mol. The molecule has 0 aliphatic heterocycles.